The van der Waals surface area contributed by atoms with Crippen LogP contribution >= 0.6 is 0 Å². The number of pyridine rings is 1. The second kappa shape index (κ2) is 11.5. The molecule has 0 spiro atoms. The van der Waals surface area contributed by atoms with Gasteiger partial charge in [0.05, 0.1) is 11.8 Å². The Morgan fingerprint density at radius 3 is 2.63 bits per heavy atom. The Kier molecular flexibility index (Phi) is 8.46. The molecular formula is C27H33NO2. The molecule has 30 heavy (non-hydrogen) atoms. The summed E-state index contributed by atoms with van der Waals surface area (Å²) in [5.41, 5.74) is 3.15. The van der Waals surface area contributed by atoms with Gasteiger partial charge >= 0.3 is 0 Å². The maximum Gasteiger partial charge on any atom is 0.116 e. The summed E-state index contributed by atoms with van der Waals surface area (Å²) in [5, 5.41) is 11.7. The maximum atomic E-state index is 9.61. The first-order valence-corrected chi connectivity index (χ1v) is 11.1. The van der Waals surface area contributed by atoms with Crippen molar-refractivity contribution >= 4 is 16.8 Å². The number of hydrogen-bond acceptors (Lipinski definition) is 3. The zero-order chi connectivity index (χ0) is 21.2. The SMILES string of the molecule is CCCCCOC(C)CCC/C=C/c1ccc(-c2ccc3cc(O)ccc3c2)nc1. The number of aromatic hydroxyl groups is 1. The van der Waals surface area contributed by atoms with Crippen LogP contribution in [0.5, 0.6) is 5.75 Å². The van der Waals surface area contributed by atoms with Crippen LogP contribution in [-0.2, 0) is 4.74 Å². The van der Waals surface area contributed by atoms with Gasteiger partial charge in [-0.05, 0) is 73.2 Å². The molecule has 0 aliphatic rings. The number of phenolic OH excluding ortho intramolecular Hbond substituents is 1. The Morgan fingerprint density at radius 1 is 1.00 bits per heavy atom. The third-order valence-corrected chi connectivity index (χ3v) is 5.35. The van der Waals surface area contributed by atoms with Crippen molar-refractivity contribution in [3.05, 3.63) is 66.4 Å². The molecule has 0 saturated carbocycles. The molecule has 0 amide bonds. The van der Waals surface area contributed by atoms with Crippen LogP contribution in [0.15, 0.2) is 60.8 Å². The van der Waals surface area contributed by atoms with Crippen molar-refractivity contribution in [3.63, 3.8) is 0 Å². The number of hydrogen-bond donors (Lipinski definition) is 1. The zero-order valence-electron chi connectivity index (χ0n) is 18.2. The molecule has 0 radical (unpaired) electrons. The summed E-state index contributed by atoms with van der Waals surface area (Å²) in [5.74, 6) is 0.290. The van der Waals surface area contributed by atoms with Gasteiger partial charge in [-0.2, -0.15) is 0 Å². The lowest BCUT2D eigenvalue weighted by atomic mass is 10.0. The molecule has 158 valence electrons. The fourth-order valence-corrected chi connectivity index (χ4v) is 3.53. The summed E-state index contributed by atoms with van der Waals surface area (Å²) in [7, 11) is 0. The van der Waals surface area contributed by atoms with Gasteiger partial charge in [-0.15, -0.1) is 0 Å². The van der Waals surface area contributed by atoms with Crippen LogP contribution < -0.4 is 0 Å². The quantitative estimate of drug-likeness (QED) is 0.339. The summed E-state index contributed by atoms with van der Waals surface area (Å²) in [6.45, 7) is 5.28. The molecule has 0 bridgehead atoms. The van der Waals surface area contributed by atoms with Gasteiger partial charge in [0, 0.05) is 18.4 Å². The van der Waals surface area contributed by atoms with E-state index >= 15 is 0 Å². The Labute approximate surface area is 180 Å². The highest BCUT2D eigenvalue weighted by Gasteiger charge is 2.03. The number of rotatable bonds is 11. The number of ether oxygens (including phenoxy) is 1. The van der Waals surface area contributed by atoms with E-state index in [0.29, 0.717) is 11.9 Å². The van der Waals surface area contributed by atoms with Gasteiger partial charge in [-0.1, -0.05) is 56.2 Å². The largest absolute Gasteiger partial charge is 0.508 e. The number of nitrogens with zero attached hydrogens (tertiary/aromatic N) is 1. The van der Waals surface area contributed by atoms with Gasteiger partial charge in [0.2, 0.25) is 0 Å². The molecule has 3 nitrogen and oxygen atoms in total. The average molecular weight is 404 g/mol. The minimum Gasteiger partial charge on any atom is -0.508 e. The topological polar surface area (TPSA) is 42.4 Å². The second-order valence-electron chi connectivity index (χ2n) is 7.94. The second-order valence-corrected chi connectivity index (χ2v) is 7.94. The highest BCUT2D eigenvalue weighted by atomic mass is 16.5. The lowest BCUT2D eigenvalue weighted by Gasteiger charge is -2.11. The zero-order valence-corrected chi connectivity index (χ0v) is 18.2. The smallest absolute Gasteiger partial charge is 0.116 e. The van der Waals surface area contributed by atoms with E-state index in [1.54, 1.807) is 12.1 Å². The summed E-state index contributed by atoms with van der Waals surface area (Å²) in [6, 6.07) is 15.8. The van der Waals surface area contributed by atoms with Crippen LogP contribution in [0.1, 0.15) is 57.9 Å². The van der Waals surface area contributed by atoms with Crippen molar-refractivity contribution in [2.75, 3.05) is 6.61 Å². The van der Waals surface area contributed by atoms with E-state index < -0.39 is 0 Å². The summed E-state index contributed by atoms with van der Waals surface area (Å²) in [4.78, 5) is 4.63. The molecular weight excluding hydrogens is 370 g/mol. The molecule has 1 atom stereocenters. The summed E-state index contributed by atoms with van der Waals surface area (Å²) >= 11 is 0. The van der Waals surface area contributed by atoms with Crippen LogP contribution in [-0.4, -0.2) is 22.8 Å². The third-order valence-electron chi connectivity index (χ3n) is 5.35. The van der Waals surface area contributed by atoms with E-state index in [4.69, 9.17) is 4.74 Å². The third kappa shape index (κ3) is 6.70. The Morgan fingerprint density at radius 2 is 1.83 bits per heavy atom. The molecule has 3 rings (SSSR count). The maximum absolute atomic E-state index is 9.61. The van der Waals surface area contributed by atoms with E-state index in [0.717, 1.165) is 53.5 Å². The van der Waals surface area contributed by atoms with Crippen molar-refractivity contribution in [2.24, 2.45) is 0 Å². The molecule has 0 aliphatic carbocycles. The Balaban J connectivity index is 1.47. The molecule has 0 aliphatic heterocycles. The number of benzene rings is 2. The molecule has 3 aromatic rings. The standard InChI is InChI=1S/C27H33NO2/c1-3-4-8-17-30-21(2)9-6-5-7-10-22-11-16-27(28-20-22)25-13-12-24-19-26(29)15-14-23(24)18-25/h7,10-16,18-21,29H,3-6,8-9,17H2,1-2H3/b10-7+. The predicted molar refractivity (Wildman–Crippen MR) is 127 cm³/mol. The molecule has 1 heterocycles. The number of unbranched alkanes of at least 4 members (excludes halogenated alkanes) is 3. The number of phenols is 1. The van der Waals surface area contributed by atoms with Crippen LogP contribution in [0, 0.1) is 0 Å². The number of aromatic nitrogens is 1. The Bertz CT molecular complexity index is 947. The number of fused-ring (bicyclic) bond motifs is 1. The van der Waals surface area contributed by atoms with E-state index in [1.807, 2.05) is 24.4 Å². The fourth-order valence-electron chi connectivity index (χ4n) is 3.53. The van der Waals surface area contributed by atoms with Gasteiger partial charge in [0.1, 0.15) is 5.75 Å². The highest BCUT2D eigenvalue weighted by Crippen LogP contribution is 2.26. The van der Waals surface area contributed by atoms with Crippen LogP contribution in [0.25, 0.3) is 28.1 Å². The summed E-state index contributed by atoms with van der Waals surface area (Å²) in [6.07, 6.45) is 13.6. The predicted octanol–water partition coefficient (Wildman–Crippen LogP) is 7.39. The van der Waals surface area contributed by atoms with Crippen molar-refractivity contribution in [1.82, 2.24) is 4.98 Å². The van der Waals surface area contributed by atoms with E-state index in [-0.39, 0.29) is 0 Å². The fraction of sp³-hybridized carbons (Fsp3) is 0.370. The molecule has 3 heteroatoms. The van der Waals surface area contributed by atoms with Gasteiger partial charge < -0.3 is 9.84 Å². The van der Waals surface area contributed by atoms with Crippen LogP contribution in [0.2, 0.25) is 0 Å². The van der Waals surface area contributed by atoms with E-state index in [1.165, 1.54) is 19.3 Å². The van der Waals surface area contributed by atoms with Crippen LogP contribution in [0.4, 0.5) is 0 Å². The lowest BCUT2D eigenvalue weighted by molar-refractivity contribution is 0.0566. The van der Waals surface area contributed by atoms with Crippen molar-refractivity contribution in [1.29, 1.82) is 0 Å². The summed E-state index contributed by atoms with van der Waals surface area (Å²) < 4.78 is 5.85. The molecule has 1 unspecified atom stereocenters. The molecule has 0 fully saturated rings. The minimum absolute atomic E-state index is 0.290. The molecule has 0 saturated heterocycles. The minimum atomic E-state index is 0.290. The monoisotopic (exact) mass is 403 g/mol. The van der Waals surface area contributed by atoms with Crippen molar-refractivity contribution < 1.29 is 9.84 Å². The molecule has 1 N–H and O–H groups in total. The van der Waals surface area contributed by atoms with Gasteiger partial charge in [-0.3, -0.25) is 4.98 Å². The van der Waals surface area contributed by atoms with E-state index in [2.05, 4.69) is 49.2 Å². The van der Waals surface area contributed by atoms with Crippen molar-refractivity contribution in [3.8, 4) is 17.0 Å². The first-order chi connectivity index (χ1) is 14.7. The molecule has 1 aromatic heterocycles. The number of allylic oxidation sites excluding steroid dienone is 1. The lowest BCUT2D eigenvalue weighted by Crippen LogP contribution is -2.08. The Hall–Kier alpha value is -2.65. The highest BCUT2D eigenvalue weighted by molar-refractivity contribution is 5.87. The average Bonchev–Trinajstić information content (AvgIpc) is 2.76. The first-order valence-electron chi connectivity index (χ1n) is 11.1. The van der Waals surface area contributed by atoms with E-state index in [9.17, 15) is 5.11 Å². The van der Waals surface area contributed by atoms with Crippen LogP contribution in [0.3, 0.4) is 0 Å². The van der Waals surface area contributed by atoms with Gasteiger partial charge in [0.15, 0.2) is 0 Å². The first kappa shape index (κ1) is 22.0. The molecule has 2 aromatic carbocycles. The van der Waals surface area contributed by atoms with Gasteiger partial charge in [0.25, 0.3) is 0 Å². The van der Waals surface area contributed by atoms with Crippen molar-refractivity contribution in [2.45, 2.75) is 58.5 Å². The van der Waals surface area contributed by atoms with Gasteiger partial charge in [-0.25, -0.2) is 0 Å². The normalized spacial score (nSPS) is 12.6.